The van der Waals surface area contributed by atoms with E-state index >= 15 is 0 Å². The third-order valence-corrected chi connectivity index (χ3v) is 1.46. The normalized spacial score (nSPS) is 11.4. The van der Waals surface area contributed by atoms with Crippen LogP contribution in [0.4, 0.5) is 0 Å². The van der Waals surface area contributed by atoms with E-state index in [1.807, 2.05) is 6.08 Å². The van der Waals surface area contributed by atoms with Crippen LogP contribution in [0.15, 0.2) is 12.7 Å². The predicted octanol–water partition coefficient (Wildman–Crippen LogP) is 3.20. The minimum Gasteiger partial charge on any atom is -0.103 e. The van der Waals surface area contributed by atoms with Crippen LogP contribution >= 0.6 is 0 Å². The molecule has 0 aliphatic heterocycles. The molecule has 0 aliphatic rings. The van der Waals surface area contributed by atoms with Crippen molar-refractivity contribution in [1.82, 2.24) is 0 Å². The SMILES string of the molecule is C=C[CH]C(C)(C)CCC. The van der Waals surface area contributed by atoms with Gasteiger partial charge in [-0.3, -0.25) is 0 Å². The second kappa shape index (κ2) is 3.71. The lowest BCUT2D eigenvalue weighted by Gasteiger charge is -2.20. The van der Waals surface area contributed by atoms with Gasteiger partial charge in [-0.25, -0.2) is 0 Å². The fourth-order valence-electron chi connectivity index (χ4n) is 1.05. The van der Waals surface area contributed by atoms with Gasteiger partial charge in [-0.2, -0.15) is 0 Å². The Morgan fingerprint density at radius 3 is 2.33 bits per heavy atom. The smallest absolute Gasteiger partial charge is 0.0117 e. The molecule has 0 aromatic rings. The highest BCUT2D eigenvalue weighted by Gasteiger charge is 2.13. The van der Waals surface area contributed by atoms with Crippen molar-refractivity contribution in [3.05, 3.63) is 19.1 Å². The van der Waals surface area contributed by atoms with Gasteiger partial charge in [0, 0.05) is 0 Å². The maximum absolute atomic E-state index is 3.67. The van der Waals surface area contributed by atoms with Crippen LogP contribution in [0.1, 0.15) is 33.6 Å². The van der Waals surface area contributed by atoms with Gasteiger partial charge >= 0.3 is 0 Å². The lowest BCUT2D eigenvalue weighted by Crippen LogP contribution is -2.09. The Morgan fingerprint density at radius 1 is 1.44 bits per heavy atom. The van der Waals surface area contributed by atoms with E-state index < -0.39 is 0 Å². The van der Waals surface area contributed by atoms with E-state index in [0.29, 0.717) is 5.41 Å². The molecule has 9 heavy (non-hydrogen) atoms. The summed E-state index contributed by atoms with van der Waals surface area (Å²) in [5, 5.41) is 0. The highest BCUT2D eigenvalue weighted by molar-refractivity contribution is 4.97. The van der Waals surface area contributed by atoms with Gasteiger partial charge in [0.05, 0.1) is 0 Å². The molecule has 0 aliphatic carbocycles. The molecule has 0 saturated carbocycles. The third-order valence-electron chi connectivity index (χ3n) is 1.46. The van der Waals surface area contributed by atoms with Crippen LogP contribution in [-0.2, 0) is 0 Å². The summed E-state index contributed by atoms with van der Waals surface area (Å²) in [5.41, 5.74) is 0.358. The summed E-state index contributed by atoms with van der Waals surface area (Å²) in [6, 6.07) is 0. The Balaban J connectivity index is 3.55. The molecule has 0 atom stereocenters. The van der Waals surface area contributed by atoms with Gasteiger partial charge < -0.3 is 0 Å². The third kappa shape index (κ3) is 4.26. The van der Waals surface area contributed by atoms with Gasteiger partial charge in [0.25, 0.3) is 0 Å². The lowest BCUT2D eigenvalue weighted by molar-refractivity contribution is 0.406. The molecule has 0 aromatic heterocycles. The van der Waals surface area contributed by atoms with E-state index in [-0.39, 0.29) is 0 Å². The van der Waals surface area contributed by atoms with Crippen molar-refractivity contribution in [2.24, 2.45) is 5.41 Å². The van der Waals surface area contributed by atoms with E-state index in [1.54, 1.807) is 0 Å². The summed E-state index contributed by atoms with van der Waals surface area (Å²) >= 11 is 0. The van der Waals surface area contributed by atoms with Gasteiger partial charge in [-0.1, -0.05) is 33.3 Å². The largest absolute Gasteiger partial charge is 0.103 e. The molecule has 0 N–H and O–H groups in total. The summed E-state index contributed by atoms with van der Waals surface area (Å²) in [5.74, 6) is 0. The standard InChI is InChI=1S/C9H17/c1-5-7-9(3,4)8-6-2/h5,7H,1,6,8H2,2-4H3. The van der Waals surface area contributed by atoms with Crippen LogP contribution in [0.25, 0.3) is 0 Å². The fourth-order valence-corrected chi connectivity index (χ4v) is 1.05. The quantitative estimate of drug-likeness (QED) is 0.541. The van der Waals surface area contributed by atoms with Crippen LogP contribution in [0, 0.1) is 11.8 Å². The number of rotatable bonds is 4. The minimum absolute atomic E-state index is 0.358. The van der Waals surface area contributed by atoms with Crippen molar-refractivity contribution in [3.8, 4) is 0 Å². The molecule has 0 heteroatoms. The average Bonchev–Trinajstić information content (AvgIpc) is 1.64. The minimum atomic E-state index is 0.358. The molecule has 1 radical (unpaired) electrons. The fraction of sp³-hybridized carbons (Fsp3) is 0.667. The molecule has 0 saturated heterocycles. The summed E-state index contributed by atoms with van der Waals surface area (Å²) in [6.45, 7) is 10.3. The van der Waals surface area contributed by atoms with Gasteiger partial charge in [0.15, 0.2) is 0 Å². The van der Waals surface area contributed by atoms with Gasteiger partial charge in [0.1, 0.15) is 0 Å². The van der Waals surface area contributed by atoms with Crippen LogP contribution in [0.5, 0.6) is 0 Å². The van der Waals surface area contributed by atoms with Crippen LogP contribution in [0.3, 0.4) is 0 Å². The van der Waals surface area contributed by atoms with E-state index in [1.165, 1.54) is 12.8 Å². The highest BCUT2D eigenvalue weighted by atomic mass is 14.2. The Morgan fingerprint density at radius 2 is 2.00 bits per heavy atom. The maximum Gasteiger partial charge on any atom is -0.0117 e. The first-order chi connectivity index (χ1) is 4.12. The van der Waals surface area contributed by atoms with E-state index in [0.717, 1.165) is 0 Å². The van der Waals surface area contributed by atoms with Crippen molar-refractivity contribution in [2.45, 2.75) is 33.6 Å². The molecule has 0 bridgehead atoms. The molecule has 0 heterocycles. The molecule has 0 fully saturated rings. The molecule has 0 spiro atoms. The van der Waals surface area contributed by atoms with Gasteiger partial charge in [0.2, 0.25) is 0 Å². The molecular formula is C9H17. The Bertz CT molecular complexity index is 80.0. The summed E-state index contributed by atoms with van der Waals surface area (Å²) in [7, 11) is 0. The second-order valence-corrected chi connectivity index (χ2v) is 3.14. The Kier molecular flexibility index (Phi) is 3.60. The van der Waals surface area contributed by atoms with Crippen molar-refractivity contribution in [3.63, 3.8) is 0 Å². The second-order valence-electron chi connectivity index (χ2n) is 3.14. The summed E-state index contributed by atoms with van der Waals surface area (Å²) < 4.78 is 0. The lowest BCUT2D eigenvalue weighted by atomic mass is 9.85. The van der Waals surface area contributed by atoms with Gasteiger partial charge in [-0.15, -0.1) is 6.58 Å². The van der Waals surface area contributed by atoms with E-state index in [9.17, 15) is 0 Å². The molecule has 0 aromatic carbocycles. The van der Waals surface area contributed by atoms with E-state index in [4.69, 9.17) is 0 Å². The summed E-state index contributed by atoms with van der Waals surface area (Å²) in [6.07, 6.45) is 6.54. The zero-order valence-electron chi connectivity index (χ0n) is 6.78. The first-order valence-electron chi connectivity index (χ1n) is 3.59. The van der Waals surface area contributed by atoms with Crippen molar-refractivity contribution in [1.29, 1.82) is 0 Å². The van der Waals surface area contributed by atoms with Crippen LogP contribution in [0.2, 0.25) is 0 Å². The van der Waals surface area contributed by atoms with E-state index in [2.05, 4.69) is 33.8 Å². The van der Waals surface area contributed by atoms with Gasteiger partial charge in [-0.05, 0) is 18.3 Å². The Hall–Kier alpha value is -0.260. The number of allylic oxidation sites excluding steroid dienone is 1. The number of hydrogen-bond acceptors (Lipinski definition) is 0. The zero-order chi connectivity index (χ0) is 7.33. The predicted molar refractivity (Wildman–Crippen MR) is 43.2 cm³/mol. The summed E-state index contributed by atoms with van der Waals surface area (Å²) in [4.78, 5) is 0. The molecule has 0 rings (SSSR count). The molecule has 0 amide bonds. The first-order valence-corrected chi connectivity index (χ1v) is 3.59. The monoisotopic (exact) mass is 125 g/mol. The highest BCUT2D eigenvalue weighted by Crippen LogP contribution is 2.25. The number of hydrogen-bond donors (Lipinski definition) is 0. The van der Waals surface area contributed by atoms with Crippen LogP contribution < -0.4 is 0 Å². The van der Waals surface area contributed by atoms with Crippen molar-refractivity contribution < 1.29 is 0 Å². The maximum atomic E-state index is 3.67. The first kappa shape index (κ1) is 8.74. The van der Waals surface area contributed by atoms with Crippen molar-refractivity contribution in [2.75, 3.05) is 0 Å². The topological polar surface area (TPSA) is 0 Å². The average molecular weight is 125 g/mol. The molecular weight excluding hydrogens is 108 g/mol. The van der Waals surface area contributed by atoms with Crippen molar-refractivity contribution >= 4 is 0 Å². The Labute approximate surface area is 59.0 Å². The molecule has 53 valence electrons. The zero-order valence-corrected chi connectivity index (χ0v) is 6.78. The molecule has 0 unspecified atom stereocenters. The molecule has 0 nitrogen and oxygen atoms in total. The van der Waals surface area contributed by atoms with Crippen LogP contribution in [-0.4, -0.2) is 0 Å².